The highest BCUT2D eigenvalue weighted by Gasteiger charge is 2.33. The Morgan fingerprint density at radius 3 is 2.75 bits per heavy atom. The number of halogens is 2. The number of rotatable bonds is 4. The van der Waals surface area contributed by atoms with Crippen LogP contribution in [0.4, 0.5) is 0 Å². The lowest BCUT2D eigenvalue weighted by Gasteiger charge is -2.20. The van der Waals surface area contributed by atoms with Gasteiger partial charge in [0.1, 0.15) is 0 Å². The summed E-state index contributed by atoms with van der Waals surface area (Å²) >= 11 is 11.7. The second-order valence-corrected chi connectivity index (χ2v) is 5.29. The molecule has 0 radical (unpaired) electrons. The number of nitrogens with one attached hydrogen (secondary N) is 1. The average Bonchev–Trinajstić information content (AvgIpc) is 2.80. The van der Waals surface area contributed by atoms with Crippen LogP contribution in [0.5, 0.6) is 0 Å². The Kier molecular flexibility index (Phi) is 4.99. The summed E-state index contributed by atoms with van der Waals surface area (Å²) in [5, 5.41) is 4.75. The van der Waals surface area contributed by atoms with Crippen molar-refractivity contribution in [3.63, 3.8) is 0 Å². The zero-order valence-corrected chi connectivity index (χ0v) is 12.4. The summed E-state index contributed by atoms with van der Waals surface area (Å²) in [6.45, 7) is 2.72. The molecule has 7 heteroatoms. The van der Waals surface area contributed by atoms with E-state index in [1.807, 2.05) is 0 Å². The summed E-state index contributed by atoms with van der Waals surface area (Å²) in [5.41, 5.74) is 3.15. The zero-order valence-electron chi connectivity index (χ0n) is 10.9. The van der Waals surface area contributed by atoms with Gasteiger partial charge in [0.05, 0.1) is 35.9 Å². The van der Waals surface area contributed by atoms with Crippen molar-refractivity contribution in [1.82, 2.24) is 5.43 Å². The molecule has 1 fully saturated rings. The van der Waals surface area contributed by atoms with Crippen LogP contribution in [0.3, 0.4) is 0 Å². The van der Waals surface area contributed by atoms with Crippen LogP contribution in [-0.4, -0.2) is 31.1 Å². The third-order valence-corrected chi connectivity index (χ3v) is 3.47. The topological polar surface area (TPSA) is 59.9 Å². The molecule has 2 rings (SSSR count). The third-order valence-electron chi connectivity index (χ3n) is 2.73. The fraction of sp³-hybridized carbons (Fsp3) is 0.385. The Hall–Kier alpha value is -1.14. The van der Waals surface area contributed by atoms with Crippen molar-refractivity contribution in [1.29, 1.82) is 0 Å². The molecular weight excluding hydrogens is 303 g/mol. The Balaban J connectivity index is 1.86. The first kappa shape index (κ1) is 15.3. The first-order valence-corrected chi connectivity index (χ1v) is 6.79. The molecule has 1 aromatic carbocycles. The van der Waals surface area contributed by atoms with Gasteiger partial charge in [-0.2, -0.15) is 5.10 Å². The third kappa shape index (κ3) is 4.18. The lowest BCUT2D eigenvalue weighted by molar-refractivity contribution is -0.159. The van der Waals surface area contributed by atoms with Crippen LogP contribution in [0.15, 0.2) is 23.3 Å². The largest absolute Gasteiger partial charge is 0.347 e. The van der Waals surface area contributed by atoms with Crippen molar-refractivity contribution in [3.8, 4) is 0 Å². The SMILES string of the molecule is CC1(CC(=O)N/N=C/c2ccc(Cl)c(Cl)c2)OCCO1. The maximum atomic E-state index is 11.7. The predicted octanol–water partition coefficient (Wildman–Crippen LogP) is 2.60. The number of hydrogen-bond acceptors (Lipinski definition) is 4. The molecule has 0 spiro atoms. The molecular formula is C13H14Cl2N2O3. The summed E-state index contributed by atoms with van der Waals surface area (Å²) < 4.78 is 10.7. The summed E-state index contributed by atoms with van der Waals surface area (Å²) in [6.07, 6.45) is 1.57. The van der Waals surface area contributed by atoms with Gasteiger partial charge >= 0.3 is 0 Å². The molecule has 108 valence electrons. The fourth-order valence-corrected chi connectivity index (χ4v) is 2.07. The molecule has 0 atom stereocenters. The summed E-state index contributed by atoms with van der Waals surface area (Å²) in [4.78, 5) is 11.7. The van der Waals surface area contributed by atoms with Crippen LogP contribution >= 0.6 is 23.2 Å². The van der Waals surface area contributed by atoms with E-state index in [-0.39, 0.29) is 12.3 Å². The first-order chi connectivity index (χ1) is 9.48. The van der Waals surface area contributed by atoms with E-state index in [1.54, 1.807) is 25.1 Å². The van der Waals surface area contributed by atoms with Gasteiger partial charge in [-0.3, -0.25) is 4.79 Å². The lowest BCUT2D eigenvalue weighted by atomic mass is 10.2. The minimum absolute atomic E-state index is 0.0890. The van der Waals surface area contributed by atoms with Crippen LogP contribution in [0, 0.1) is 0 Å². The van der Waals surface area contributed by atoms with Crippen molar-refractivity contribution >= 4 is 35.3 Å². The van der Waals surface area contributed by atoms with Gasteiger partial charge in [0.2, 0.25) is 5.91 Å². The molecule has 1 heterocycles. The Morgan fingerprint density at radius 1 is 1.40 bits per heavy atom. The Morgan fingerprint density at radius 2 is 2.10 bits per heavy atom. The number of hydrazone groups is 1. The number of carbonyl (C=O) groups is 1. The van der Waals surface area contributed by atoms with Crippen molar-refractivity contribution < 1.29 is 14.3 Å². The molecule has 20 heavy (non-hydrogen) atoms. The zero-order chi connectivity index (χ0) is 14.6. The molecule has 1 N–H and O–H groups in total. The number of benzene rings is 1. The molecule has 5 nitrogen and oxygen atoms in total. The van der Waals surface area contributed by atoms with Gasteiger partial charge in [0.15, 0.2) is 5.79 Å². The summed E-state index contributed by atoms with van der Waals surface area (Å²) in [7, 11) is 0. The lowest BCUT2D eigenvalue weighted by Crippen LogP contribution is -2.33. The molecule has 0 bridgehead atoms. The highest BCUT2D eigenvalue weighted by Crippen LogP contribution is 2.22. The number of ether oxygens (including phenoxy) is 2. The van der Waals surface area contributed by atoms with Crippen LogP contribution in [-0.2, 0) is 14.3 Å². The normalized spacial score (nSPS) is 17.6. The van der Waals surface area contributed by atoms with E-state index in [2.05, 4.69) is 10.5 Å². The van der Waals surface area contributed by atoms with E-state index < -0.39 is 5.79 Å². The summed E-state index contributed by atoms with van der Waals surface area (Å²) in [5.74, 6) is -1.14. The standard InChI is InChI=1S/C13H14Cl2N2O3/c1-13(19-4-5-20-13)7-12(18)17-16-8-9-2-3-10(14)11(15)6-9/h2-3,6,8H,4-5,7H2,1H3,(H,17,18)/b16-8+. The number of hydrogen-bond donors (Lipinski definition) is 1. The number of carbonyl (C=O) groups excluding carboxylic acids is 1. The minimum atomic E-state index is -0.858. The highest BCUT2D eigenvalue weighted by molar-refractivity contribution is 6.42. The summed E-state index contributed by atoms with van der Waals surface area (Å²) in [6, 6.07) is 5.06. The molecule has 1 aliphatic heterocycles. The van der Waals surface area contributed by atoms with E-state index >= 15 is 0 Å². The van der Waals surface area contributed by atoms with Crippen LogP contribution in [0.1, 0.15) is 18.9 Å². The second-order valence-electron chi connectivity index (χ2n) is 4.47. The second kappa shape index (κ2) is 6.54. The Labute approximate surface area is 126 Å². The molecule has 0 aliphatic carbocycles. The fourth-order valence-electron chi connectivity index (χ4n) is 1.76. The molecule has 1 aliphatic rings. The minimum Gasteiger partial charge on any atom is -0.347 e. The van der Waals surface area contributed by atoms with Gasteiger partial charge in [-0.1, -0.05) is 29.3 Å². The van der Waals surface area contributed by atoms with Crippen LogP contribution in [0.2, 0.25) is 10.0 Å². The van der Waals surface area contributed by atoms with E-state index in [4.69, 9.17) is 32.7 Å². The van der Waals surface area contributed by atoms with Crippen molar-refractivity contribution in [2.75, 3.05) is 13.2 Å². The van der Waals surface area contributed by atoms with Gasteiger partial charge in [-0.05, 0) is 24.6 Å². The molecule has 1 saturated heterocycles. The molecule has 0 saturated carbocycles. The Bertz CT molecular complexity index is 528. The highest BCUT2D eigenvalue weighted by atomic mass is 35.5. The van der Waals surface area contributed by atoms with Crippen LogP contribution in [0.25, 0.3) is 0 Å². The molecule has 0 unspecified atom stereocenters. The van der Waals surface area contributed by atoms with Gasteiger partial charge in [0, 0.05) is 0 Å². The van der Waals surface area contributed by atoms with E-state index in [9.17, 15) is 4.79 Å². The molecule has 1 amide bonds. The quantitative estimate of drug-likeness (QED) is 0.686. The van der Waals surface area contributed by atoms with Crippen molar-refractivity contribution in [2.45, 2.75) is 19.1 Å². The number of nitrogens with zero attached hydrogens (tertiary/aromatic N) is 1. The van der Waals surface area contributed by atoms with Gasteiger partial charge < -0.3 is 9.47 Å². The average molecular weight is 317 g/mol. The predicted molar refractivity (Wildman–Crippen MR) is 77.1 cm³/mol. The van der Waals surface area contributed by atoms with Gasteiger partial charge in [-0.25, -0.2) is 5.43 Å². The maximum absolute atomic E-state index is 11.7. The molecule has 0 aromatic heterocycles. The van der Waals surface area contributed by atoms with Gasteiger partial charge in [0.25, 0.3) is 0 Å². The van der Waals surface area contributed by atoms with Crippen molar-refractivity contribution in [2.24, 2.45) is 5.10 Å². The van der Waals surface area contributed by atoms with E-state index in [0.717, 1.165) is 5.56 Å². The first-order valence-electron chi connectivity index (χ1n) is 6.03. The van der Waals surface area contributed by atoms with E-state index in [1.165, 1.54) is 6.21 Å². The number of amides is 1. The van der Waals surface area contributed by atoms with Crippen LogP contribution < -0.4 is 5.43 Å². The van der Waals surface area contributed by atoms with E-state index in [0.29, 0.717) is 23.3 Å². The monoisotopic (exact) mass is 316 g/mol. The molecule has 1 aromatic rings. The smallest absolute Gasteiger partial charge is 0.245 e. The van der Waals surface area contributed by atoms with Gasteiger partial charge in [-0.15, -0.1) is 0 Å². The van der Waals surface area contributed by atoms with Crippen molar-refractivity contribution in [3.05, 3.63) is 33.8 Å². The maximum Gasteiger partial charge on any atom is 0.245 e.